The molecule has 5 aromatic rings. The maximum atomic E-state index is 14.2. The Hall–Kier alpha value is -4.42. The van der Waals surface area contributed by atoms with Crippen LogP contribution in [0.25, 0.3) is 10.9 Å². The molecule has 0 aliphatic heterocycles. The Morgan fingerprint density at radius 3 is 2.46 bits per heavy atom. The van der Waals surface area contributed by atoms with Crippen molar-refractivity contribution in [3.63, 3.8) is 0 Å². The monoisotopic (exact) mass is 511 g/mol. The van der Waals surface area contributed by atoms with Crippen molar-refractivity contribution in [2.24, 2.45) is 5.10 Å². The SMILES string of the molecule is O=C(N/N=C/c1cn(Cc2ccccc2F)c2ccccc12)c1ccccc1OCc1ccccc1Cl. The standard InChI is InChI=1S/C30H23ClFN3O2/c31-26-13-5-1-10-22(26)20-37-29-16-8-4-12-25(29)30(36)34-33-17-23-19-35(28-15-7-3-11-24(23)28)18-21-9-2-6-14-27(21)32/h1-17,19H,18,20H2,(H,34,36)/b33-17+. The van der Waals surface area contributed by atoms with Crippen LogP contribution in [0.3, 0.4) is 0 Å². The number of ether oxygens (including phenoxy) is 1. The number of rotatable bonds is 8. The quantitative estimate of drug-likeness (QED) is 0.183. The van der Waals surface area contributed by atoms with Gasteiger partial charge in [-0.1, -0.05) is 78.3 Å². The maximum absolute atomic E-state index is 14.2. The number of amides is 1. The molecule has 1 aromatic heterocycles. The van der Waals surface area contributed by atoms with Crippen LogP contribution >= 0.6 is 11.6 Å². The first-order chi connectivity index (χ1) is 18.1. The minimum Gasteiger partial charge on any atom is -0.488 e. The number of carbonyl (C=O) groups is 1. The smallest absolute Gasteiger partial charge is 0.275 e. The van der Waals surface area contributed by atoms with E-state index >= 15 is 0 Å². The molecular weight excluding hydrogens is 489 g/mol. The largest absolute Gasteiger partial charge is 0.488 e. The van der Waals surface area contributed by atoms with Gasteiger partial charge < -0.3 is 9.30 Å². The van der Waals surface area contributed by atoms with E-state index in [-0.39, 0.29) is 12.4 Å². The van der Waals surface area contributed by atoms with Gasteiger partial charge in [0.25, 0.3) is 5.91 Å². The molecule has 5 nitrogen and oxygen atoms in total. The maximum Gasteiger partial charge on any atom is 0.275 e. The Bertz CT molecular complexity index is 1600. The van der Waals surface area contributed by atoms with E-state index in [9.17, 15) is 9.18 Å². The van der Waals surface area contributed by atoms with Gasteiger partial charge in [0.2, 0.25) is 0 Å². The first-order valence-corrected chi connectivity index (χ1v) is 12.1. The summed E-state index contributed by atoms with van der Waals surface area (Å²) in [6.07, 6.45) is 3.48. The van der Waals surface area contributed by atoms with Crippen LogP contribution in [-0.4, -0.2) is 16.7 Å². The fourth-order valence-corrected chi connectivity index (χ4v) is 4.28. The van der Waals surface area contributed by atoms with Gasteiger partial charge in [-0.15, -0.1) is 0 Å². The normalized spacial score (nSPS) is 11.2. The summed E-state index contributed by atoms with van der Waals surface area (Å²) in [5, 5.41) is 5.74. The number of nitrogens with one attached hydrogen (secondary N) is 1. The Labute approximate surface area is 218 Å². The fourth-order valence-electron chi connectivity index (χ4n) is 4.09. The van der Waals surface area contributed by atoms with Gasteiger partial charge in [0.15, 0.2) is 0 Å². The summed E-state index contributed by atoms with van der Waals surface area (Å²) in [6, 6.07) is 28.9. The Kier molecular flexibility index (Phi) is 7.28. The molecule has 0 aliphatic carbocycles. The summed E-state index contributed by atoms with van der Waals surface area (Å²) < 4.78 is 22.1. The van der Waals surface area contributed by atoms with Gasteiger partial charge in [0.1, 0.15) is 18.2 Å². The highest BCUT2D eigenvalue weighted by Gasteiger charge is 2.13. The van der Waals surface area contributed by atoms with Gasteiger partial charge in [-0.25, -0.2) is 9.82 Å². The number of benzene rings is 4. The van der Waals surface area contributed by atoms with Crippen molar-refractivity contribution >= 4 is 34.6 Å². The first-order valence-electron chi connectivity index (χ1n) is 11.7. The van der Waals surface area contributed by atoms with Gasteiger partial charge >= 0.3 is 0 Å². The number of aromatic nitrogens is 1. The van der Waals surface area contributed by atoms with Crippen molar-refractivity contribution in [3.05, 3.63) is 136 Å². The summed E-state index contributed by atoms with van der Waals surface area (Å²) in [4.78, 5) is 12.9. The number of nitrogens with zero attached hydrogens (tertiary/aromatic N) is 2. The zero-order valence-corrected chi connectivity index (χ0v) is 20.5. The molecule has 0 fully saturated rings. The van der Waals surface area contributed by atoms with E-state index in [0.717, 1.165) is 22.0 Å². The lowest BCUT2D eigenvalue weighted by Gasteiger charge is -2.11. The molecule has 0 aliphatic rings. The molecule has 0 saturated heterocycles. The van der Waals surface area contributed by atoms with Crippen LogP contribution < -0.4 is 10.2 Å². The number of hydrogen-bond acceptors (Lipinski definition) is 3. The summed E-state index contributed by atoms with van der Waals surface area (Å²) in [7, 11) is 0. The Balaban J connectivity index is 1.32. The predicted molar refractivity (Wildman–Crippen MR) is 145 cm³/mol. The van der Waals surface area contributed by atoms with Crippen molar-refractivity contribution < 1.29 is 13.9 Å². The van der Waals surface area contributed by atoms with Crippen molar-refractivity contribution in [2.75, 3.05) is 0 Å². The van der Waals surface area contributed by atoms with E-state index < -0.39 is 5.91 Å². The van der Waals surface area contributed by atoms with Gasteiger partial charge in [0, 0.05) is 38.8 Å². The summed E-state index contributed by atoms with van der Waals surface area (Å²) in [5.74, 6) is -0.226. The number of halogens is 2. The van der Waals surface area contributed by atoms with Crippen LogP contribution in [0.5, 0.6) is 5.75 Å². The molecule has 0 saturated carbocycles. The van der Waals surface area contributed by atoms with E-state index in [1.807, 2.05) is 59.3 Å². The molecule has 4 aromatic carbocycles. The number of para-hydroxylation sites is 2. The average Bonchev–Trinajstić information content (AvgIpc) is 3.27. The van der Waals surface area contributed by atoms with E-state index in [4.69, 9.17) is 16.3 Å². The molecule has 5 rings (SSSR count). The molecule has 7 heteroatoms. The van der Waals surface area contributed by atoms with Crippen molar-refractivity contribution in [3.8, 4) is 5.75 Å². The zero-order valence-electron chi connectivity index (χ0n) is 19.8. The third-order valence-corrected chi connectivity index (χ3v) is 6.33. The van der Waals surface area contributed by atoms with Crippen LogP contribution in [0, 0.1) is 5.82 Å². The lowest BCUT2D eigenvalue weighted by atomic mass is 10.2. The summed E-state index contributed by atoms with van der Waals surface area (Å²) >= 11 is 6.22. The Morgan fingerprint density at radius 2 is 1.62 bits per heavy atom. The van der Waals surface area contributed by atoms with Crippen molar-refractivity contribution in [2.45, 2.75) is 13.2 Å². The molecular formula is C30H23ClFN3O2. The highest BCUT2D eigenvalue weighted by molar-refractivity contribution is 6.31. The second-order valence-corrected chi connectivity index (χ2v) is 8.80. The van der Waals surface area contributed by atoms with Gasteiger partial charge in [-0.3, -0.25) is 4.79 Å². The highest BCUT2D eigenvalue weighted by atomic mass is 35.5. The van der Waals surface area contributed by atoms with Crippen molar-refractivity contribution in [1.29, 1.82) is 0 Å². The highest BCUT2D eigenvalue weighted by Crippen LogP contribution is 2.23. The number of hydrazone groups is 1. The third kappa shape index (κ3) is 5.55. The predicted octanol–water partition coefficient (Wildman–Crippen LogP) is 6.83. The molecule has 0 spiro atoms. The number of hydrogen-bond donors (Lipinski definition) is 1. The number of fused-ring (bicyclic) bond motifs is 1. The Morgan fingerprint density at radius 1 is 0.919 bits per heavy atom. The van der Waals surface area contributed by atoms with E-state index in [2.05, 4.69) is 10.5 Å². The van der Waals surface area contributed by atoms with E-state index in [1.54, 1.807) is 48.7 Å². The third-order valence-electron chi connectivity index (χ3n) is 5.96. The van der Waals surface area contributed by atoms with E-state index in [1.165, 1.54) is 6.07 Å². The molecule has 0 bridgehead atoms. The molecule has 37 heavy (non-hydrogen) atoms. The topological polar surface area (TPSA) is 55.6 Å². The second kappa shape index (κ2) is 11.1. The van der Waals surface area contributed by atoms with Crippen LogP contribution in [0.1, 0.15) is 27.0 Å². The van der Waals surface area contributed by atoms with Crippen LogP contribution in [-0.2, 0) is 13.2 Å². The lowest BCUT2D eigenvalue weighted by molar-refractivity contribution is 0.0950. The van der Waals surface area contributed by atoms with Gasteiger partial charge in [-0.2, -0.15) is 5.10 Å². The number of carbonyl (C=O) groups excluding carboxylic acids is 1. The van der Waals surface area contributed by atoms with Crippen molar-refractivity contribution in [1.82, 2.24) is 9.99 Å². The first kappa shape index (κ1) is 24.3. The molecule has 0 unspecified atom stereocenters. The lowest BCUT2D eigenvalue weighted by Crippen LogP contribution is -2.18. The molecule has 0 radical (unpaired) electrons. The fraction of sp³-hybridized carbons (Fsp3) is 0.0667. The molecule has 184 valence electrons. The van der Waals surface area contributed by atoms with Crippen LogP contribution in [0.15, 0.2) is 108 Å². The zero-order chi connectivity index (χ0) is 25.6. The van der Waals surface area contributed by atoms with Crippen LogP contribution in [0.2, 0.25) is 5.02 Å². The van der Waals surface area contributed by atoms with Crippen LogP contribution in [0.4, 0.5) is 4.39 Å². The summed E-state index contributed by atoms with van der Waals surface area (Å²) in [6.45, 7) is 0.609. The van der Waals surface area contributed by atoms with Gasteiger partial charge in [-0.05, 0) is 30.3 Å². The summed E-state index contributed by atoms with van der Waals surface area (Å²) in [5.41, 5.74) is 6.10. The molecule has 1 N–H and O–H groups in total. The molecule has 1 amide bonds. The molecule has 0 atom stereocenters. The van der Waals surface area contributed by atoms with E-state index in [0.29, 0.717) is 28.4 Å². The van der Waals surface area contributed by atoms with Gasteiger partial charge in [0.05, 0.1) is 18.3 Å². The second-order valence-electron chi connectivity index (χ2n) is 8.40. The minimum absolute atomic E-state index is 0.231. The average molecular weight is 512 g/mol. The minimum atomic E-state index is -0.402. The molecule has 1 heterocycles.